The molecule has 6 N–H and O–H groups in total. The van der Waals surface area contributed by atoms with Crippen LogP contribution >= 0.6 is 0 Å². The average Bonchev–Trinajstić information content (AvgIpc) is 2.95. The highest BCUT2D eigenvalue weighted by molar-refractivity contribution is 5.94. The van der Waals surface area contributed by atoms with Gasteiger partial charge in [-0.05, 0) is 76.0 Å². The molecule has 0 bridgehead atoms. The maximum atomic E-state index is 12.4. The summed E-state index contributed by atoms with van der Waals surface area (Å²) in [4.78, 5) is 54.3. The third-order valence-electron chi connectivity index (χ3n) is 6.75. The summed E-state index contributed by atoms with van der Waals surface area (Å²) in [6.45, 7) is 7.03. The zero-order chi connectivity index (χ0) is 31.4. The predicted molar refractivity (Wildman–Crippen MR) is 159 cm³/mol. The van der Waals surface area contributed by atoms with Gasteiger partial charge in [-0.3, -0.25) is 14.9 Å². The van der Waals surface area contributed by atoms with Crippen LogP contribution in [0, 0.1) is 22.0 Å². The molecule has 3 rings (SSSR count). The standard InChI is InChI=1S/C28H40N8O7/c1-28(2,3)43-27(40)34-15-19-9-7-18(8-10-19)14-31-23-22(36(41)42)17-33-25(35-23)32-16-20-5-4-6-21(13-20)24(37)29-11-12-30-26(38)39/h4-6,13,17-19,30H,7-12,14-16H2,1-3H3,(H,29,37)(H,34,40)(H,38,39)(H2,31,32,33,35). The summed E-state index contributed by atoms with van der Waals surface area (Å²) >= 11 is 0. The normalized spacial score (nSPS) is 16.4. The summed E-state index contributed by atoms with van der Waals surface area (Å²) in [5.74, 6) is 0.628. The lowest BCUT2D eigenvalue weighted by Gasteiger charge is -2.29. The van der Waals surface area contributed by atoms with Crippen LogP contribution in [0.5, 0.6) is 0 Å². The lowest BCUT2D eigenvalue weighted by Crippen LogP contribution is -2.36. The molecule has 234 valence electrons. The smallest absolute Gasteiger partial charge is 0.407 e. The van der Waals surface area contributed by atoms with E-state index < -0.39 is 22.7 Å². The van der Waals surface area contributed by atoms with Gasteiger partial charge in [-0.1, -0.05) is 12.1 Å². The Kier molecular flexibility index (Phi) is 11.8. The van der Waals surface area contributed by atoms with Gasteiger partial charge in [-0.25, -0.2) is 14.6 Å². The molecule has 1 aliphatic carbocycles. The van der Waals surface area contributed by atoms with Crippen LogP contribution in [-0.2, 0) is 11.3 Å². The first-order valence-corrected chi connectivity index (χ1v) is 14.2. The third-order valence-corrected chi connectivity index (χ3v) is 6.75. The van der Waals surface area contributed by atoms with Crippen LogP contribution in [0.1, 0.15) is 62.4 Å². The molecule has 0 radical (unpaired) electrons. The largest absolute Gasteiger partial charge is 0.465 e. The van der Waals surface area contributed by atoms with Crippen LogP contribution in [0.15, 0.2) is 30.5 Å². The number of rotatable bonds is 13. The van der Waals surface area contributed by atoms with Gasteiger partial charge in [-0.2, -0.15) is 4.98 Å². The topological polar surface area (TPSA) is 210 Å². The Morgan fingerprint density at radius 2 is 1.70 bits per heavy atom. The number of anilines is 2. The highest BCUT2D eigenvalue weighted by atomic mass is 16.6. The molecule has 1 aromatic heterocycles. The fourth-order valence-electron chi connectivity index (χ4n) is 4.60. The number of nitrogens with one attached hydrogen (secondary N) is 5. The van der Waals surface area contributed by atoms with Crippen molar-refractivity contribution in [2.24, 2.45) is 11.8 Å². The summed E-state index contributed by atoms with van der Waals surface area (Å²) in [6.07, 6.45) is 3.26. The average molecular weight is 601 g/mol. The number of nitrogens with zero attached hydrogens (tertiary/aromatic N) is 3. The van der Waals surface area contributed by atoms with Crippen molar-refractivity contribution in [2.75, 3.05) is 36.8 Å². The Labute approximate surface area is 249 Å². The van der Waals surface area contributed by atoms with Crippen molar-refractivity contribution in [3.63, 3.8) is 0 Å². The first-order valence-electron chi connectivity index (χ1n) is 14.2. The molecule has 1 aromatic carbocycles. The molecule has 43 heavy (non-hydrogen) atoms. The lowest BCUT2D eigenvalue weighted by molar-refractivity contribution is -0.384. The first kappa shape index (κ1) is 32.8. The van der Waals surface area contributed by atoms with E-state index in [1.165, 1.54) is 0 Å². The molecule has 1 heterocycles. The van der Waals surface area contributed by atoms with E-state index >= 15 is 0 Å². The second-order valence-electron chi connectivity index (χ2n) is 11.4. The summed E-state index contributed by atoms with van der Waals surface area (Å²) < 4.78 is 5.29. The fourth-order valence-corrected chi connectivity index (χ4v) is 4.60. The van der Waals surface area contributed by atoms with Crippen molar-refractivity contribution in [3.05, 3.63) is 51.7 Å². The molecule has 1 fully saturated rings. The van der Waals surface area contributed by atoms with Crippen LogP contribution in [-0.4, -0.2) is 69.9 Å². The number of ether oxygens (including phenoxy) is 1. The SMILES string of the molecule is CC(C)(C)OC(=O)NCC1CCC(CNc2nc(NCc3cccc(C(=O)NCCNC(=O)O)c3)ncc2[N+](=O)[O-])CC1. The van der Waals surface area contributed by atoms with E-state index in [-0.39, 0.29) is 43.0 Å². The Bertz CT molecular complexity index is 1280. The Morgan fingerprint density at radius 1 is 1.02 bits per heavy atom. The molecule has 1 saturated carbocycles. The molecule has 2 aromatic rings. The Balaban J connectivity index is 1.50. The fraction of sp³-hybridized carbons (Fsp3) is 0.536. The van der Waals surface area contributed by atoms with Gasteiger partial charge in [-0.15, -0.1) is 0 Å². The van der Waals surface area contributed by atoms with E-state index in [9.17, 15) is 24.5 Å². The monoisotopic (exact) mass is 600 g/mol. The van der Waals surface area contributed by atoms with Crippen molar-refractivity contribution in [3.8, 4) is 0 Å². The molecule has 0 atom stereocenters. The number of alkyl carbamates (subject to hydrolysis) is 1. The van der Waals surface area contributed by atoms with E-state index in [2.05, 4.69) is 36.6 Å². The Morgan fingerprint density at radius 3 is 2.35 bits per heavy atom. The predicted octanol–water partition coefficient (Wildman–Crippen LogP) is 3.74. The van der Waals surface area contributed by atoms with E-state index in [0.717, 1.165) is 37.4 Å². The number of carboxylic acid groups (broad SMARTS) is 1. The van der Waals surface area contributed by atoms with Crippen molar-refractivity contribution >= 4 is 35.5 Å². The van der Waals surface area contributed by atoms with Gasteiger partial charge >= 0.3 is 17.9 Å². The van der Waals surface area contributed by atoms with Crippen molar-refractivity contribution < 1.29 is 29.2 Å². The van der Waals surface area contributed by atoms with E-state index in [0.29, 0.717) is 30.5 Å². The van der Waals surface area contributed by atoms with Gasteiger partial charge in [0.1, 0.15) is 11.8 Å². The minimum atomic E-state index is -1.16. The molecule has 15 nitrogen and oxygen atoms in total. The van der Waals surface area contributed by atoms with Crippen LogP contribution < -0.4 is 26.6 Å². The summed E-state index contributed by atoms with van der Waals surface area (Å²) in [6, 6.07) is 6.84. The molecule has 3 amide bonds. The third kappa shape index (κ3) is 11.6. The maximum absolute atomic E-state index is 12.4. The maximum Gasteiger partial charge on any atom is 0.407 e. The van der Waals surface area contributed by atoms with E-state index in [4.69, 9.17) is 9.84 Å². The highest BCUT2D eigenvalue weighted by Gasteiger charge is 2.24. The molecule has 1 aliphatic rings. The second kappa shape index (κ2) is 15.5. The van der Waals surface area contributed by atoms with Crippen LogP contribution in [0.4, 0.5) is 27.0 Å². The molecular formula is C28H40N8O7. The number of benzene rings is 1. The van der Waals surface area contributed by atoms with Crippen LogP contribution in [0.25, 0.3) is 0 Å². The Hall–Kier alpha value is -4.69. The van der Waals surface area contributed by atoms with Crippen molar-refractivity contribution in [2.45, 2.75) is 58.6 Å². The number of aromatic nitrogens is 2. The zero-order valence-corrected chi connectivity index (χ0v) is 24.6. The van der Waals surface area contributed by atoms with Gasteiger partial charge in [0.2, 0.25) is 11.8 Å². The van der Waals surface area contributed by atoms with Crippen molar-refractivity contribution in [1.29, 1.82) is 0 Å². The zero-order valence-electron chi connectivity index (χ0n) is 24.6. The summed E-state index contributed by atoms with van der Waals surface area (Å²) in [5.41, 5.74) is 0.389. The molecule has 0 unspecified atom stereocenters. The first-order chi connectivity index (χ1) is 20.4. The molecular weight excluding hydrogens is 560 g/mol. The number of hydrogen-bond acceptors (Lipinski definition) is 10. The van der Waals surface area contributed by atoms with Gasteiger partial charge in [0.25, 0.3) is 5.91 Å². The van der Waals surface area contributed by atoms with Gasteiger partial charge < -0.3 is 36.4 Å². The second-order valence-corrected chi connectivity index (χ2v) is 11.4. The van der Waals surface area contributed by atoms with Gasteiger partial charge in [0.15, 0.2) is 0 Å². The number of hydrogen-bond donors (Lipinski definition) is 6. The summed E-state index contributed by atoms with van der Waals surface area (Å²) in [7, 11) is 0. The minimum Gasteiger partial charge on any atom is -0.465 e. The highest BCUT2D eigenvalue weighted by Crippen LogP contribution is 2.30. The van der Waals surface area contributed by atoms with E-state index in [1.807, 2.05) is 20.8 Å². The molecule has 15 heteroatoms. The molecule has 0 saturated heterocycles. The number of amides is 3. The number of carbonyl (C=O) groups is 3. The lowest BCUT2D eigenvalue weighted by atomic mass is 9.82. The number of carbonyl (C=O) groups excluding carboxylic acids is 2. The number of nitro groups is 1. The van der Waals surface area contributed by atoms with Crippen LogP contribution in [0.2, 0.25) is 0 Å². The van der Waals surface area contributed by atoms with Crippen LogP contribution in [0.3, 0.4) is 0 Å². The minimum absolute atomic E-state index is 0.0881. The van der Waals surface area contributed by atoms with Gasteiger partial charge in [0, 0.05) is 38.3 Å². The summed E-state index contributed by atoms with van der Waals surface area (Å²) in [5, 5.41) is 34.0. The molecule has 0 spiro atoms. The quantitative estimate of drug-likeness (QED) is 0.111. The van der Waals surface area contributed by atoms with Crippen molar-refractivity contribution in [1.82, 2.24) is 25.9 Å². The molecule has 0 aliphatic heterocycles. The van der Waals surface area contributed by atoms with E-state index in [1.54, 1.807) is 24.3 Å². The van der Waals surface area contributed by atoms with Gasteiger partial charge in [0.05, 0.1) is 4.92 Å².